The highest BCUT2D eigenvalue weighted by Crippen LogP contribution is 2.22. The lowest BCUT2D eigenvalue weighted by molar-refractivity contribution is -0.143. The fourth-order valence-electron chi connectivity index (χ4n) is 4.33. The van der Waals surface area contributed by atoms with Gasteiger partial charge in [0, 0.05) is 23.6 Å². The van der Waals surface area contributed by atoms with Gasteiger partial charge in [0.15, 0.2) is 0 Å². The smallest absolute Gasteiger partial charge is 0.326 e. The molecule has 0 saturated carbocycles. The van der Waals surface area contributed by atoms with Crippen LogP contribution in [0.3, 0.4) is 0 Å². The van der Waals surface area contributed by atoms with Crippen LogP contribution in [-0.2, 0) is 25.6 Å². The van der Waals surface area contributed by atoms with Crippen LogP contribution in [0, 0.1) is 5.92 Å². The molecule has 1 saturated heterocycles. The number of para-hydroxylation sites is 1. The minimum absolute atomic E-state index is 0.251. The second-order valence-electron chi connectivity index (χ2n) is 8.85. The van der Waals surface area contributed by atoms with E-state index in [0.29, 0.717) is 32.2 Å². The molecule has 10 nitrogen and oxygen atoms in total. The molecule has 1 aromatic carbocycles. The average Bonchev–Trinajstić information content (AvgIpc) is 3.47. The first-order chi connectivity index (χ1) is 16.2. The molecule has 4 unspecified atom stereocenters. The number of hydrogen-bond donors (Lipinski definition) is 5. The van der Waals surface area contributed by atoms with Gasteiger partial charge in [0.05, 0.1) is 12.6 Å². The number of fused-ring (bicyclic) bond motifs is 1. The van der Waals surface area contributed by atoms with E-state index in [1.807, 2.05) is 37.4 Å². The molecule has 10 heteroatoms. The quantitative estimate of drug-likeness (QED) is 0.344. The summed E-state index contributed by atoms with van der Waals surface area (Å²) in [5.74, 6) is -2.72. The van der Waals surface area contributed by atoms with Crippen molar-refractivity contribution in [3.8, 4) is 0 Å². The number of benzene rings is 1. The monoisotopic (exact) mass is 471 g/mol. The van der Waals surface area contributed by atoms with Crippen molar-refractivity contribution in [2.24, 2.45) is 11.7 Å². The van der Waals surface area contributed by atoms with Crippen LogP contribution in [0.1, 0.15) is 38.7 Å². The number of carboxylic acids is 1. The number of nitrogens with zero attached hydrogens (tertiary/aromatic N) is 1. The molecule has 1 aromatic heterocycles. The van der Waals surface area contributed by atoms with Gasteiger partial charge < -0.3 is 31.4 Å². The third-order valence-electron chi connectivity index (χ3n) is 6.49. The lowest BCUT2D eigenvalue weighted by Gasteiger charge is -2.27. The SMILES string of the molecule is CCC(C)C(NC(=O)CNC(=O)C1CCCN1C(=O)C(N)Cc1c[nH]c2ccccc12)C(=O)O. The molecule has 4 atom stereocenters. The van der Waals surface area contributed by atoms with Crippen molar-refractivity contribution in [2.45, 2.75) is 57.7 Å². The third-order valence-corrected chi connectivity index (χ3v) is 6.49. The van der Waals surface area contributed by atoms with Gasteiger partial charge >= 0.3 is 5.97 Å². The number of likely N-dealkylation sites (tertiary alicyclic amines) is 1. The molecule has 1 aliphatic rings. The number of carboxylic acid groups (broad SMARTS) is 1. The molecular weight excluding hydrogens is 438 g/mol. The normalized spacial score (nSPS) is 18.3. The highest BCUT2D eigenvalue weighted by Gasteiger charge is 2.36. The maximum atomic E-state index is 13.1. The number of amides is 3. The molecule has 1 fully saturated rings. The Kier molecular flexibility index (Phi) is 8.27. The summed E-state index contributed by atoms with van der Waals surface area (Å²) in [6.45, 7) is 3.63. The topological polar surface area (TPSA) is 158 Å². The summed E-state index contributed by atoms with van der Waals surface area (Å²) in [6.07, 6.45) is 3.90. The van der Waals surface area contributed by atoms with Crippen molar-refractivity contribution in [1.82, 2.24) is 20.5 Å². The molecule has 3 rings (SSSR count). The maximum absolute atomic E-state index is 13.1. The van der Waals surface area contributed by atoms with Gasteiger partial charge in [-0.25, -0.2) is 4.79 Å². The molecule has 2 aromatic rings. The zero-order chi connectivity index (χ0) is 24.8. The van der Waals surface area contributed by atoms with Crippen molar-refractivity contribution < 1.29 is 24.3 Å². The minimum atomic E-state index is -1.12. The fourth-order valence-corrected chi connectivity index (χ4v) is 4.33. The molecule has 0 radical (unpaired) electrons. The molecule has 0 bridgehead atoms. The summed E-state index contributed by atoms with van der Waals surface area (Å²) >= 11 is 0. The van der Waals surface area contributed by atoms with Crippen molar-refractivity contribution in [3.05, 3.63) is 36.0 Å². The summed E-state index contributed by atoms with van der Waals surface area (Å²) in [5.41, 5.74) is 8.13. The summed E-state index contributed by atoms with van der Waals surface area (Å²) in [7, 11) is 0. The molecular formula is C24H33N5O5. The van der Waals surface area contributed by atoms with E-state index in [4.69, 9.17) is 5.73 Å². The van der Waals surface area contributed by atoms with E-state index in [-0.39, 0.29) is 18.4 Å². The summed E-state index contributed by atoms with van der Waals surface area (Å²) in [6, 6.07) is 5.22. The summed E-state index contributed by atoms with van der Waals surface area (Å²) in [5, 5.41) is 15.3. The average molecular weight is 472 g/mol. The number of aromatic amines is 1. The Morgan fingerprint density at radius 3 is 2.71 bits per heavy atom. The standard InChI is InChI=1S/C24H33N5O5/c1-3-14(2)21(24(33)34)28-20(30)13-27-22(31)19-9-6-10-29(19)23(32)17(25)11-15-12-26-18-8-5-4-7-16(15)18/h4-5,7-8,12,14,17,19,21,26H,3,6,9-11,13,25H2,1-2H3,(H,27,31)(H,28,30)(H,33,34). The van der Waals surface area contributed by atoms with Crippen LogP contribution >= 0.6 is 0 Å². The predicted octanol–water partition coefficient (Wildman–Crippen LogP) is 0.760. The Morgan fingerprint density at radius 2 is 2.00 bits per heavy atom. The number of carbonyl (C=O) groups is 4. The van der Waals surface area contributed by atoms with E-state index in [9.17, 15) is 24.3 Å². The van der Waals surface area contributed by atoms with Gasteiger partial charge in [-0.1, -0.05) is 38.5 Å². The molecule has 6 N–H and O–H groups in total. The number of rotatable bonds is 10. The first-order valence-electron chi connectivity index (χ1n) is 11.6. The first kappa shape index (κ1) is 25.2. The number of aliphatic carboxylic acids is 1. The van der Waals surface area contributed by atoms with Gasteiger partial charge in [-0.15, -0.1) is 0 Å². The van der Waals surface area contributed by atoms with E-state index < -0.39 is 35.9 Å². The van der Waals surface area contributed by atoms with Gasteiger partial charge in [-0.2, -0.15) is 0 Å². The molecule has 1 aliphatic heterocycles. The van der Waals surface area contributed by atoms with E-state index in [1.165, 1.54) is 4.90 Å². The highest BCUT2D eigenvalue weighted by molar-refractivity contribution is 5.93. The molecule has 0 aliphatic carbocycles. The lowest BCUT2D eigenvalue weighted by atomic mass is 9.99. The highest BCUT2D eigenvalue weighted by atomic mass is 16.4. The van der Waals surface area contributed by atoms with E-state index in [2.05, 4.69) is 15.6 Å². The fraction of sp³-hybridized carbons (Fsp3) is 0.500. The van der Waals surface area contributed by atoms with Gasteiger partial charge in [0.2, 0.25) is 17.7 Å². The van der Waals surface area contributed by atoms with E-state index in [0.717, 1.165) is 16.5 Å². The lowest BCUT2D eigenvalue weighted by Crippen LogP contribution is -2.53. The Bertz CT molecular complexity index is 1050. The zero-order valence-electron chi connectivity index (χ0n) is 19.5. The van der Waals surface area contributed by atoms with Crippen LogP contribution in [0.15, 0.2) is 30.5 Å². The van der Waals surface area contributed by atoms with E-state index in [1.54, 1.807) is 6.92 Å². The van der Waals surface area contributed by atoms with Crippen LogP contribution in [0.2, 0.25) is 0 Å². The summed E-state index contributed by atoms with van der Waals surface area (Å²) in [4.78, 5) is 54.0. The Hall–Kier alpha value is -3.40. The number of aromatic nitrogens is 1. The number of carbonyl (C=O) groups excluding carboxylic acids is 3. The van der Waals surface area contributed by atoms with Crippen LogP contribution in [0.25, 0.3) is 10.9 Å². The second-order valence-corrected chi connectivity index (χ2v) is 8.85. The molecule has 3 amide bonds. The van der Waals surface area contributed by atoms with Crippen LogP contribution in [-0.4, -0.2) is 69.9 Å². The van der Waals surface area contributed by atoms with Crippen LogP contribution < -0.4 is 16.4 Å². The molecule has 34 heavy (non-hydrogen) atoms. The predicted molar refractivity (Wildman–Crippen MR) is 127 cm³/mol. The van der Waals surface area contributed by atoms with Gasteiger partial charge in [-0.3, -0.25) is 14.4 Å². The Labute approximate surface area is 198 Å². The van der Waals surface area contributed by atoms with Crippen molar-refractivity contribution in [2.75, 3.05) is 13.1 Å². The van der Waals surface area contributed by atoms with Gasteiger partial charge in [0.25, 0.3) is 0 Å². The number of nitrogens with one attached hydrogen (secondary N) is 3. The number of nitrogens with two attached hydrogens (primary N) is 1. The van der Waals surface area contributed by atoms with Crippen LogP contribution in [0.5, 0.6) is 0 Å². The number of H-pyrrole nitrogens is 1. The summed E-state index contributed by atoms with van der Waals surface area (Å²) < 4.78 is 0. The largest absolute Gasteiger partial charge is 0.480 e. The molecule has 184 valence electrons. The minimum Gasteiger partial charge on any atom is -0.480 e. The maximum Gasteiger partial charge on any atom is 0.326 e. The Morgan fingerprint density at radius 1 is 1.26 bits per heavy atom. The first-order valence-corrected chi connectivity index (χ1v) is 11.6. The zero-order valence-corrected chi connectivity index (χ0v) is 19.5. The molecule has 2 heterocycles. The Balaban J connectivity index is 1.56. The second kappa shape index (κ2) is 11.1. The van der Waals surface area contributed by atoms with Gasteiger partial charge in [-0.05, 0) is 36.8 Å². The third kappa shape index (κ3) is 5.74. The van der Waals surface area contributed by atoms with Crippen LogP contribution in [0.4, 0.5) is 0 Å². The van der Waals surface area contributed by atoms with Gasteiger partial charge in [0.1, 0.15) is 12.1 Å². The van der Waals surface area contributed by atoms with Crippen molar-refractivity contribution >= 4 is 34.6 Å². The number of hydrogen-bond acceptors (Lipinski definition) is 5. The van der Waals surface area contributed by atoms with Crippen molar-refractivity contribution in [1.29, 1.82) is 0 Å². The van der Waals surface area contributed by atoms with Crippen molar-refractivity contribution in [3.63, 3.8) is 0 Å². The molecule has 0 spiro atoms. The van der Waals surface area contributed by atoms with E-state index >= 15 is 0 Å².